The van der Waals surface area contributed by atoms with Gasteiger partial charge in [-0.1, -0.05) is 18.2 Å². The van der Waals surface area contributed by atoms with Crippen LogP contribution in [0.15, 0.2) is 36.4 Å². The zero-order valence-corrected chi connectivity index (χ0v) is 14.5. The Morgan fingerprint density at radius 3 is 2.29 bits per heavy atom. The van der Waals surface area contributed by atoms with Gasteiger partial charge in [0.05, 0.1) is 14.2 Å². The number of hydrogen-bond acceptors (Lipinski definition) is 4. The summed E-state index contributed by atoms with van der Waals surface area (Å²) in [6, 6.07) is 11.2. The highest BCUT2D eigenvalue weighted by Crippen LogP contribution is 2.25. The lowest BCUT2D eigenvalue weighted by Gasteiger charge is -2.13. The molecule has 0 fully saturated rings. The number of aryl methyl sites for hydroxylation is 2. The minimum absolute atomic E-state index is 0.0610. The van der Waals surface area contributed by atoms with Crippen molar-refractivity contribution in [3.63, 3.8) is 0 Å². The maximum atomic E-state index is 12.0. The van der Waals surface area contributed by atoms with Crippen LogP contribution in [-0.2, 0) is 11.3 Å². The van der Waals surface area contributed by atoms with E-state index in [9.17, 15) is 4.79 Å². The monoisotopic (exact) mass is 329 g/mol. The van der Waals surface area contributed by atoms with Gasteiger partial charge in [0.2, 0.25) is 0 Å². The Morgan fingerprint density at radius 2 is 1.62 bits per heavy atom. The zero-order valence-electron chi connectivity index (χ0n) is 14.5. The molecule has 0 aliphatic rings. The van der Waals surface area contributed by atoms with E-state index in [0.29, 0.717) is 18.0 Å². The van der Waals surface area contributed by atoms with Crippen molar-refractivity contribution in [2.24, 2.45) is 0 Å². The van der Waals surface area contributed by atoms with Crippen LogP contribution in [0.5, 0.6) is 17.2 Å². The Bertz CT molecular complexity index is 713. The molecule has 2 aromatic carbocycles. The molecule has 2 rings (SSSR count). The average Bonchev–Trinajstić information content (AvgIpc) is 2.60. The van der Waals surface area contributed by atoms with Crippen molar-refractivity contribution in [1.29, 1.82) is 0 Å². The number of ether oxygens (including phenoxy) is 3. The van der Waals surface area contributed by atoms with Gasteiger partial charge in [0.1, 0.15) is 5.75 Å². The van der Waals surface area contributed by atoms with Crippen molar-refractivity contribution in [2.75, 3.05) is 20.8 Å². The molecular weight excluding hydrogens is 306 g/mol. The van der Waals surface area contributed by atoms with Gasteiger partial charge in [-0.15, -0.1) is 0 Å². The second-order valence-electron chi connectivity index (χ2n) is 5.46. The zero-order chi connectivity index (χ0) is 17.5. The van der Waals surface area contributed by atoms with Crippen LogP contribution in [0.4, 0.5) is 0 Å². The number of rotatable bonds is 7. The molecule has 0 bridgehead atoms. The molecular formula is C19H23NO4. The SMILES string of the molecule is COc1cc(C)c(CNC(=O)COc2ccccc2OC)cc1C. The van der Waals surface area contributed by atoms with Gasteiger partial charge in [0, 0.05) is 6.54 Å². The lowest BCUT2D eigenvalue weighted by molar-refractivity contribution is -0.123. The Kier molecular flexibility index (Phi) is 6.07. The summed E-state index contributed by atoms with van der Waals surface area (Å²) in [5.74, 6) is 1.81. The first-order chi connectivity index (χ1) is 11.5. The van der Waals surface area contributed by atoms with Crippen LogP contribution in [0.1, 0.15) is 16.7 Å². The van der Waals surface area contributed by atoms with Crippen molar-refractivity contribution >= 4 is 5.91 Å². The number of carbonyl (C=O) groups is 1. The Balaban J connectivity index is 1.91. The summed E-state index contributed by atoms with van der Waals surface area (Å²) in [6.07, 6.45) is 0. The maximum Gasteiger partial charge on any atom is 0.258 e. The largest absolute Gasteiger partial charge is 0.496 e. The number of para-hydroxylation sites is 2. The van der Waals surface area contributed by atoms with Gasteiger partial charge < -0.3 is 19.5 Å². The third-order valence-electron chi connectivity index (χ3n) is 3.76. The van der Waals surface area contributed by atoms with Crippen LogP contribution in [0.25, 0.3) is 0 Å². The van der Waals surface area contributed by atoms with Crippen molar-refractivity contribution in [3.05, 3.63) is 53.1 Å². The summed E-state index contributed by atoms with van der Waals surface area (Å²) in [4.78, 5) is 12.0. The summed E-state index contributed by atoms with van der Waals surface area (Å²) in [5, 5.41) is 2.87. The van der Waals surface area contributed by atoms with E-state index >= 15 is 0 Å². The van der Waals surface area contributed by atoms with E-state index in [2.05, 4.69) is 5.32 Å². The number of hydrogen-bond donors (Lipinski definition) is 1. The summed E-state index contributed by atoms with van der Waals surface area (Å²) in [5.41, 5.74) is 3.17. The van der Waals surface area contributed by atoms with E-state index in [0.717, 1.165) is 22.4 Å². The molecule has 5 nitrogen and oxygen atoms in total. The highest BCUT2D eigenvalue weighted by Gasteiger charge is 2.09. The van der Waals surface area contributed by atoms with Crippen molar-refractivity contribution in [1.82, 2.24) is 5.32 Å². The van der Waals surface area contributed by atoms with E-state index in [1.165, 1.54) is 0 Å². The molecule has 1 N–H and O–H groups in total. The lowest BCUT2D eigenvalue weighted by Crippen LogP contribution is -2.28. The van der Waals surface area contributed by atoms with Crippen molar-refractivity contribution < 1.29 is 19.0 Å². The first kappa shape index (κ1) is 17.7. The van der Waals surface area contributed by atoms with Gasteiger partial charge in [-0.2, -0.15) is 0 Å². The topological polar surface area (TPSA) is 56.8 Å². The second kappa shape index (κ2) is 8.24. The standard InChI is InChI=1S/C19H23NO4/c1-13-10-18(23-4)14(2)9-15(13)11-20-19(21)12-24-17-8-6-5-7-16(17)22-3/h5-10H,11-12H2,1-4H3,(H,20,21). The Labute approximate surface area is 142 Å². The quantitative estimate of drug-likeness (QED) is 0.848. The molecule has 0 aromatic heterocycles. The molecule has 0 saturated heterocycles. The van der Waals surface area contributed by atoms with Gasteiger partial charge in [0.15, 0.2) is 18.1 Å². The van der Waals surface area contributed by atoms with Gasteiger partial charge in [-0.05, 0) is 48.7 Å². The Morgan fingerprint density at radius 1 is 0.958 bits per heavy atom. The second-order valence-corrected chi connectivity index (χ2v) is 5.46. The molecule has 0 atom stereocenters. The van der Waals surface area contributed by atoms with E-state index in [1.54, 1.807) is 26.4 Å². The maximum absolute atomic E-state index is 12.0. The van der Waals surface area contributed by atoms with Crippen molar-refractivity contribution in [2.45, 2.75) is 20.4 Å². The molecule has 0 aliphatic carbocycles. The van der Waals surface area contributed by atoms with Crippen LogP contribution in [0, 0.1) is 13.8 Å². The Hall–Kier alpha value is -2.69. The molecule has 0 radical (unpaired) electrons. The molecule has 1 amide bonds. The van der Waals surface area contributed by atoms with Crippen LogP contribution >= 0.6 is 0 Å². The van der Waals surface area contributed by atoms with Crippen molar-refractivity contribution in [3.8, 4) is 17.2 Å². The fraction of sp³-hybridized carbons (Fsp3) is 0.316. The number of methoxy groups -OCH3 is 2. The minimum Gasteiger partial charge on any atom is -0.496 e. The van der Waals surface area contributed by atoms with E-state index in [1.807, 2.05) is 38.1 Å². The molecule has 0 unspecified atom stereocenters. The highest BCUT2D eigenvalue weighted by atomic mass is 16.5. The van der Waals surface area contributed by atoms with E-state index < -0.39 is 0 Å². The molecule has 24 heavy (non-hydrogen) atoms. The normalized spacial score (nSPS) is 10.2. The van der Waals surface area contributed by atoms with E-state index in [-0.39, 0.29) is 12.5 Å². The highest BCUT2D eigenvalue weighted by molar-refractivity contribution is 5.77. The fourth-order valence-corrected chi connectivity index (χ4v) is 2.39. The third kappa shape index (κ3) is 4.41. The molecule has 0 aliphatic heterocycles. The van der Waals surface area contributed by atoms with Gasteiger partial charge >= 0.3 is 0 Å². The summed E-state index contributed by atoms with van der Waals surface area (Å²) in [7, 11) is 3.22. The third-order valence-corrected chi connectivity index (χ3v) is 3.76. The smallest absolute Gasteiger partial charge is 0.258 e. The molecule has 128 valence electrons. The summed E-state index contributed by atoms with van der Waals surface area (Å²) >= 11 is 0. The predicted molar refractivity (Wildman–Crippen MR) is 92.8 cm³/mol. The van der Waals surface area contributed by atoms with Gasteiger partial charge in [-0.25, -0.2) is 0 Å². The summed E-state index contributed by atoms with van der Waals surface area (Å²) in [6.45, 7) is 4.36. The first-order valence-electron chi connectivity index (χ1n) is 7.71. The van der Waals surface area contributed by atoms with Crippen LogP contribution in [-0.4, -0.2) is 26.7 Å². The van der Waals surface area contributed by atoms with Crippen LogP contribution < -0.4 is 19.5 Å². The molecule has 0 spiro atoms. The molecule has 2 aromatic rings. The summed E-state index contributed by atoms with van der Waals surface area (Å²) < 4.78 is 16.0. The number of amides is 1. The number of nitrogens with one attached hydrogen (secondary N) is 1. The lowest BCUT2D eigenvalue weighted by atomic mass is 10.0. The van der Waals surface area contributed by atoms with Crippen LogP contribution in [0.3, 0.4) is 0 Å². The average molecular weight is 329 g/mol. The molecule has 0 heterocycles. The first-order valence-corrected chi connectivity index (χ1v) is 7.71. The minimum atomic E-state index is -0.186. The van der Waals surface area contributed by atoms with Crippen LogP contribution in [0.2, 0.25) is 0 Å². The number of carbonyl (C=O) groups excluding carboxylic acids is 1. The molecule has 5 heteroatoms. The fourth-order valence-electron chi connectivity index (χ4n) is 2.39. The van der Waals surface area contributed by atoms with Gasteiger partial charge in [-0.3, -0.25) is 4.79 Å². The predicted octanol–water partition coefficient (Wildman–Crippen LogP) is 3.02. The van der Waals surface area contributed by atoms with Gasteiger partial charge in [0.25, 0.3) is 5.91 Å². The number of benzene rings is 2. The molecule has 0 saturated carbocycles. The van der Waals surface area contributed by atoms with E-state index in [4.69, 9.17) is 14.2 Å².